The van der Waals surface area contributed by atoms with Gasteiger partial charge in [0.25, 0.3) is 0 Å². The molecule has 3 atom stereocenters. The maximum Gasteiger partial charge on any atom is 0.166 e. The summed E-state index contributed by atoms with van der Waals surface area (Å²) < 4.78 is 0. The fraction of sp³-hybridized carbons (Fsp3) is 0.429. The Kier molecular flexibility index (Phi) is 3.18. The summed E-state index contributed by atoms with van der Waals surface area (Å²) in [5, 5.41) is 0. The van der Waals surface area contributed by atoms with Crippen LogP contribution >= 0.6 is 0 Å². The number of aldehydes is 1. The second-order valence-corrected chi connectivity index (χ2v) is 4.57. The third kappa shape index (κ3) is 1.92. The molecule has 0 N–H and O–H groups in total. The molecule has 0 heterocycles. The standard InChI is InChI=1S/C14H16O2/c1-10-12(9-15)7-8-13(10)14(16)11-5-3-2-4-6-11/h2-6,9-10,12-13H,7-8H2,1H3/t10-,12-,13-/m1/s1. The molecule has 2 nitrogen and oxygen atoms in total. The van der Waals surface area contributed by atoms with Crippen molar-refractivity contribution >= 4 is 12.1 Å². The van der Waals surface area contributed by atoms with Gasteiger partial charge in [0.05, 0.1) is 0 Å². The third-order valence-electron chi connectivity index (χ3n) is 3.69. The van der Waals surface area contributed by atoms with Crippen molar-refractivity contribution < 1.29 is 9.59 Å². The lowest BCUT2D eigenvalue weighted by atomic mass is 9.86. The van der Waals surface area contributed by atoms with Gasteiger partial charge in [-0.2, -0.15) is 0 Å². The van der Waals surface area contributed by atoms with E-state index in [0.29, 0.717) is 0 Å². The highest BCUT2D eigenvalue weighted by Crippen LogP contribution is 2.37. The fourth-order valence-electron chi connectivity index (χ4n) is 2.57. The number of hydrogen-bond acceptors (Lipinski definition) is 2. The summed E-state index contributed by atoms with van der Waals surface area (Å²) >= 11 is 0. The van der Waals surface area contributed by atoms with Crippen LogP contribution in [-0.4, -0.2) is 12.1 Å². The molecule has 0 spiro atoms. The molecule has 84 valence electrons. The minimum absolute atomic E-state index is 0.0256. The van der Waals surface area contributed by atoms with Gasteiger partial charge in [0.2, 0.25) is 0 Å². The smallest absolute Gasteiger partial charge is 0.166 e. The predicted octanol–water partition coefficient (Wildman–Crippen LogP) is 2.73. The lowest BCUT2D eigenvalue weighted by Gasteiger charge is -2.16. The SMILES string of the molecule is C[C@@H]1[C@@H](C=O)CC[C@H]1C(=O)c1ccccc1. The maximum absolute atomic E-state index is 12.2. The number of rotatable bonds is 3. The van der Waals surface area contributed by atoms with E-state index in [4.69, 9.17) is 0 Å². The first-order valence-electron chi connectivity index (χ1n) is 5.78. The second-order valence-electron chi connectivity index (χ2n) is 4.57. The van der Waals surface area contributed by atoms with Crippen molar-refractivity contribution in [3.63, 3.8) is 0 Å². The van der Waals surface area contributed by atoms with Crippen LogP contribution in [0.2, 0.25) is 0 Å². The number of benzene rings is 1. The van der Waals surface area contributed by atoms with Crippen molar-refractivity contribution in [3.05, 3.63) is 35.9 Å². The molecule has 2 rings (SSSR count). The topological polar surface area (TPSA) is 34.1 Å². The quantitative estimate of drug-likeness (QED) is 0.575. The first-order valence-corrected chi connectivity index (χ1v) is 5.78. The first kappa shape index (κ1) is 11.1. The summed E-state index contributed by atoms with van der Waals surface area (Å²) in [5.41, 5.74) is 0.769. The summed E-state index contributed by atoms with van der Waals surface area (Å²) in [5.74, 6) is 0.470. The summed E-state index contributed by atoms with van der Waals surface area (Å²) in [6.07, 6.45) is 2.70. The molecule has 1 aromatic rings. The van der Waals surface area contributed by atoms with Crippen molar-refractivity contribution in [1.29, 1.82) is 0 Å². The van der Waals surface area contributed by atoms with Gasteiger partial charge in [0.15, 0.2) is 5.78 Å². The van der Waals surface area contributed by atoms with Crippen LogP contribution < -0.4 is 0 Å². The van der Waals surface area contributed by atoms with E-state index in [0.717, 1.165) is 24.7 Å². The lowest BCUT2D eigenvalue weighted by molar-refractivity contribution is -0.111. The zero-order valence-corrected chi connectivity index (χ0v) is 9.43. The van der Waals surface area contributed by atoms with Crippen LogP contribution in [0.25, 0.3) is 0 Å². The highest BCUT2D eigenvalue weighted by Gasteiger charge is 2.37. The van der Waals surface area contributed by atoms with Gasteiger partial charge < -0.3 is 4.79 Å². The fourth-order valence-corrected chi connectivity index (χ4v) is 2.57. The molecule has 0 saturated heterocycles. The molecule has 1 aromatic carbocycles. The molecule has 2 heteroatoms. The van der Waals surface area contributed by atoms with Crippen molar-refractivity contribution in [2.75, 3.05) is 0 Å². The number of ketones is 1. The zero-order valence-electron chi connectivity index (χ0n) is 9.43. The Morgan fingerprint density at radius 2 is 1.94 bits per heavy atom. The van der Waals surface area contributed by atoms with E-state index in [2.05, 4.69) is 0 Å². The Labute approximate surface area is 95.7 Å². The van der Waals surface area contributed by atoms with Crippen LogP contribution in [0.3, 0.4) is 0 Å². The molecule has 0 aliphatic heterocycles. The summed E-state index contributed by atoms with van der Waals surface area (Å²) in [6, 6.07) is 9.36. The van der Waals surface area contributed by atoms with Gasteiger partial charge in [0, 0.05) is 17.4 Å². The van der Waals surface area contributed by atoms with Gasteiger partial charge >= 0.3 is 0 Å². The van der Waals surface area contributed by atoms with Gasteiger partial charge in [0.1, 0.15) is 6.29 Å². The monoisotopic (exact) mass is 216 g/mol. The minimum atomic E-state index is 0.0256. The van der Waals surface area contributed by atoms with Crippen molar-refractivity contribution in [3.8, 4) is 0 Å². The number of hydrogen-bond donors (Lipinski definition) is 0. The molecule has 1 fully saturated rings. The average molecular weight is 216 g/mol. The Hall–Kier alpha value is -1.44. The molecule has 0 radical (unpaired) electrons. The molecular weight excluding hydrogens is 200 g/mol. The van der Waals surface area contributed by atoms with E-state index in [9.17, 15) is 9.59 Å². The van der Waals surface area contributed by atoms with Crippen molar-refractivity contribution in [2.45, 2.75) is 19.8 Å². The number of Topliss-reactive ketones (excluding diaryl/α,β-unsaturated/α-hetero) is 1. The molecule has 0 aromatic heterocycles. The van der Waals surface area contributed by atoms with E-state index in [1.165, 1.54) is 0 Å². The van der Waals surface area contributed by atoms with Crippen LogP contribution in [0.1, 0.15) is 30.1 Å². The predicted molar refractivity (Wildman–Crippen MR) is 62.2 cm³/mol. The molecule has 16 heavy (non-hydrogen) atoms. The molecule has 0 amide bonds. The second kappa shape index (κ2) is 4.60. The van der Waals surface area contributed by atoms with Crippen LogP contribution in [0, 0.1) is 17.8 Å². The van der Waals surface area contributed by atoms with Gasteiger partial charge in [-0.05, 0) is 18.8 Å². The van der Waals surface area contributed by atoms with Gasteiger partial charge in [-0.15, -0.1) is 0 Å². The van der Waals surface area contributed by atoms with Crippen LogP contribution in [0.5, 0.6) is 0 Å². The molecule has 1 aliphatic carbocycles. The van der Waals surface area contributed by atoms with E-state index in [1.54, 1.807) is 0 Å². The van der Waals surface area contributed by atoms with Crippen LogP contribution in [0.15, 0.2) is 30.3 Å². The first-order chi connectivity index (χ1) is 7.74. The molecule has 1 aliphatic rings. The van der Waals surface area contributed by atoms with E-state index < -0.39 is 0 Å². The zero-order chi connectivity index (χ0) is 11.5. The van der Waals surface area contributed by atoms with E-state index >= 15 is 0 Å². The molecule has 1 saturated carbocycles. The van der Waals surface area contributed by atoms with Crippen molar-refractivity contribution in [2.24, 2.45) is 17.8 Å². The summed E-state index contributed by atoms with van der Waals surface area (Å²) in [4.78, 5) is 23.0. The number of carbonyl (C=O) groups excluding carboxylic acids is 2. The summed E-state index contributed by atoms with van der Waals surface area (Å²) in [6.45, 7) is 2.01. The Balaban J connectivity index is 2.15. The van der Waals surface area contributed by atoms with E-state index in [-0.39, 0.29) is 23.5 Å². The van der Waals surface area contributed by atoms with Crippen LogP contribution in [-0.2, 0) is 4.79 Å². The Bertz CT molecular complexity index is 383. The maximum atomic E-state index is 12.2. The third-order valence-corrected chi connectivity index (χ3v) is 3.69. The average Bonchev–Trinajstić information content (AvgIpc) is 2.70. The number of carbonyl (C=O) groups is 2. The normalized spacial score (nSPS) is 28.9. The largest absolute Gasteiger partial charge is 0.303 e. The van der Waals surface area contributed by atoms with E-state index in [1.807, 2.05) is 37.3 Å². The van der Waals surface area contributed by atoms with Gasteiger partial charge in [-0.25, -0.2) is 0 Å². The van der Waals surface area contributed by atoms with Crippen LogP contribution in [0.4, 0.5) is 0 Å². The van der Waals surface area contributed by atoms with Gasteiger partial charge in [-0.3, -0.25) is 4.79 Å². The molecule has 0 unspecified atom stereocenters. The molecule has 0 bridgehead atoms. The Morgan fingerprint density at radius 3 is 2.50 bits per heavy atom. The Morgan fingerprint density at radius 1 is 1.25 bits per heavy atom. The highest BCUT2D eigenvalue weighted by atomic mass is 16.1. The molecular formula is C14H16O2. The summed E-state index contributed by atoms with van der Waals surface area (Å²) in [7, 11) is 0. The van der Waals surface area contributed by atoms with Gasteiger partial charge in [-0.1, -0.05) is 37.3 Å². The minimum Gasteiger partial charge on any atom is -0.303 e. The van der Waals surface area contributed by atoms with Crippen molar-refractivity contribution in [1.82, 2.24) is 0 Å². The lowest BCUT2D eigenvalue weighted by Crippen LogP contribution is -2.20. The highest BCUT2D eigenvalue weighted by molar-refractivity contribution is 5.98.